The first-order valence-electron chi connectivity index (χ1n) is 4.65. The van der Waals surface area contributed by atoms with Gasteiger partial charge in [-0.15, -0.1) is 0 Å². The van der Waals surface area contributed by atoms with E-state index in [1.165, 1.54) is 0 Å². The van der Waals surface area contributed by atoms with Gasteiger partial charge in [0.2, 0.25) is 0 Å². The Bertz CT molecular complexity index is 217. The van der Waals surface area contributed by atoms with E-state index in [0.29, 0.717) is 5.92 Å². The summed E-state index contributed by atoms with van der Waals surface area (Å²) in [6.07, 6.45) is 2.82. The molecule has 12 heavy (non-hydrogen) atoms. The van der Waals surface area contributed by atoms with E-state index in [4.69, 9.17) is 5.73 Å². The molecule has 1 saturated heterocycles. The molecule has 3 unspecified atom stereocenters. The van der Waals surface area contributed by atoms with Gasteiger partial charge in [0.1, 0.15) is 0 Å². The van der Waals surface area contributed by atoms with Crippen LogP contribution in [0.2, 0.25) is 0 Å². The lowest BCUT2D eigenvalue weighted by molar-refractivity contribution is 0.212. The molecule has 0 aromatic carbocycles. The SMILES string of the molecule is CC1CP(C)(=O)CCC1(C)CN. The predicted molar refractivity (Wildman–Crippen MR) is 54.2 cm³/mol. The van der Waals surface area contributed by atoms with Crippen molar-refractivity contribution in [3.8, 4) is 0 Å². The van der Waals surface area contributed by atoms with Crippen LogP contribution in [-0.4, -0.2) is 25.5 Å². The molecular weight excluding hydrogens is 169 g/mol. The highest BCUT2D eigenvalue weighted by atomic mass is 31.2. The van der Waals surface area contributed by atoms with Crippen LogP contribution in [0, 0.1) is 11.3 Å². The molecule has 0 aromatic rings. The Balaban J connectivity index is 2.72. The van der Waals surface area contributed by atoms with Gasteiger partial charge >= 0.3 is 0 Å². The molecular formula is C9H20NOP. The zero-order valence-corrected chi connectivity index (χ0v) is 9.23. The van der Waals surface area contributed by atoms with Gasteiger partial charge in [-0.2, -0.15) is 0 Å². The summed E-state index contributed by atoms with van der Waals surface area (Å²) >= 11 is 0. The first-order chi connectivity index (χ1) is 5.40. The number of nitrogens with two attached hydrogens (primary N) is 1. The Morgan fingerprint density at radius 2 is 2.25 bits per heavy atom. The average molecular weight is 189 g/mol. The largest absolute Gasteiger partial charge is 0.330 e. The summed E-state index contributed by atoms with van der Waals surface area (Å²) in [5.74, 6) is 0.520. The quantitative estimate of drug-likeness (QED) is 0.641. The molecule has 1 rings (SSSR count). The first-order valence-corrected chi connectivity index (χ1v) is 7.18. The monoisotopic (exact) mass is 189 g/mol. The van der Waals surface area contributed by atoms with E-state index in [9.17, 15) is 4.57 Å². The maximum absolute atomic E-state index is 11.8. The van der Waals surface area contributed by atoms with E-state index in [-0.39, 0.29) is 5.41 Å². The van der Waals surface area contributed by atoms with Crippen LogP contribution in [0.4, 0.5) is 0 Å². The van der Waals surface area contributed by atoms with Gasteiger partial charge in [0, 0.05) is 12.3 Å². The molecule has 3 atom stereocenters. The highest BCUT2D eigenvalue weighted by molar-refractivity contribution is 7.63. The highest BCUT2D eigenvalue weighted by Crippen LogP contribution is 2.54. The van der Waals surface area contributed by atoms with Crippen molar-refractivity contribution >= 4 is 7.14 Å². The number of rotatable bonds is 1. The highest BCUT2D eigenvalue weighted by Gasteiger charge is 2.38. The zero-order chi connectivity index (χ0) is 9.41. The molecule has 1 aliphatic heterocycles. The maximum Gasteiger partial charge on any atom is 0.0851 e. The van der Waals surface area contributed by atoms with Gasteiger partial charge in [-0.1, -0.05) is 13.8 Å². The summed E-state index contributed by atoms with van der Waals surface area (Å²) in [5.41, 5.74) is 5.97. The van der Waals surface area contributed by atoms with Crippen LogP contribution in [0.5, 0.6) is 0 Å². The molecule has 0 radical (unpaired) electrons. The third-order valence-corrected chi connectivity index (χ3v) is 5.96. The van der Waals surface area contributed by atoms with E-state index in [1.807, 2.05) is 6.66 Å². The van der Waals surface area contributed by atoms with Crippen LogP contribution in [0.25, 0.3) is 0 Å². The fourth-order valence-corrected chi connectivity index (χ4v) is 4.70. The Morgan fingerprint density at radius 1 is 1.67 bits per heavy atom. The summed E-state index contributed by atoms with van der Waals surface area (Å²) in [5, 5.41) is 0. The minimum atomic E-state index is -1.79. The number of hydrogen-bond donors (Lipinski definition) is 1. The first kappa shape index (κ1) is 10.3. The van der Waals surface area contributed by atoms with Gasteiger partial charge in [0.25, 0.3) is 0 Å². The minimum Gasteiger partial charge on any atom is -0.330 e. The van der Waals surface area contributed by atoms with Gasteiger partial charge in [-0.25, -0.2) is 0 Å². The molecule has 3 heteroatoms. The summed E-state index contributed by atoms with van der Waals surface area (Å²) in [6, 6.07) is 0. The van der Waals surface area contributed by atoms with Crippen molar-refractivity contribution < 1.29 is 4.57 Å². The van der Waals surface area contributed by atoms with E-state index < -0.39 is 7.14 Å². The fraction of sp³-hybridized carbons (Fsp3) is 1.00. The van der Waals surface area contributed by atoms with Gasteiger partial charge in [0.15, 0.2) is 0 Å². The summed E-state index contributed by atoms with van der Waals surface area (Å²) in [6.45, 7) is 7.06. The molecule has 1 heterocycles. The molecule has 2 nitrogen and oxygen atoms in total. The van der Waals surface area contributed by atoms with Crippen molar-refractivity contribution in [2.24, 2.45) is 17.1 Å². The predicted octanol–water partition coefficient (Wildman–Crippen LogP) is 1.98. The second-order valence-corrected chi connectivity index (χ2v) is 8.12. The van der Waals surface area contributed by atoms with Crippen molar-refractivity contribution in [2.45, 2.75) is 20.3 Å². The minimum absolute atomic E-state index is 0.240. The van der Waals surface area contributed by atoms with E-state index in [2.05, 4.69) is 13.8 Å². The van der Waals surface area contributed by atoms with E-state index >= 15 is 0 Å². The lowest BCUT2D eigenvalue weighted by Gasteiger charge is -2.41. The molecule has 72 valence electrons. The van der Waals surface area contributed by atoms with E-state index in [1.54, 1.807) is 0 Å². The molecule has 0 saturated carbocycles. The summed E-state index contributed by atoms with van der Waals surface area (Å²) < 4.78 is 11.8. The maximum atomic E-state index is 11.8. The molecule has 0 aliphatic carbocycles. The van der Waals surface area contributed by atoms with Crippen LogP contribution >= 0.6 is 7.14 Å². The van der Waals surface area contributed by atoms with Crippen molar-refractivity contribution in [1.29, 1.82) is 0 Å². The molecule has 0 aromatic heterocycles. The number of hydrogen-bond acceptors (Lipinski definition) is 2. The summed E-state index contributed by atoms with van der Waals surface area (Å²) in [4.78, 5) is 0. The van der Waals surface area contributed by atoms with Crippen LogP contribution in [-0.2, 0) is 4.57 Å². The van der Waals surface area contributed by atoms with Gasteiger partial charge < -0.3 is 10.3 Å². The Hall–Kier alpha value is 0.190. The topological polar surface area (TPSA) is 43.1 Å². The molecule has 0 bridgehead atoms. The molecule has 2 N–H and O–H groups in total. The summed E-state index contributed by atoms with van der Waals surface area (Å²) in [7, 11) is -1.79. The van der Waals surface area contributed by atoms with Crippen molar-refractivity contribution in [3.05, 3.63) is 0 Å². The molecule has 0 amide bonds. The lowest BCUT2D eigenvalue weighted by atomic mass is 9.76. The van der Waals surface area contributed by atoms with Gasteiger partial charge in [-0.3, -0.25) is 0 Å². The zero-order valence-electron chi connectivity index (χ0n) is 8.34. The molecule has 1 fully saturated rings. The standard InChI is InChI=1S/C9H20NOP/c1-8-6-12(3,11)5-4-9(8,2)7-10/h8H,4-7,10H2,1-3H3. The molecule has 1 aliphatic rings. The Kier molecular flexibility index (Phi) is 2.70. The third kappa shape index (κ3) is 1.92. The second kappa shape index (κ2) is 3.16. The average Bonchev–Trinajstić information content (AvgIpc) is 1.97. The van der Waals surface area contributed by atoms with Crippen LogP contribution in [0.15, 0.2) is 0 Å². The van der Waals surface area contributed by atoms with Crippen LogP contribution in [0.1, 0.15) is 20.3 Å². The lowest BCUT2D eigenvalue weighted by Crippen LogP contribution is -2.39. The Labute approximate surface area is 75.3 Å². The third-order valence-electron chi connectivity index (χ3n) is 3.47. The van der Waals surface area contributed by atoms with Crippen LogP contribution < -0.4 is 5.73 Å². The second-order valence-electron chi connectivity index (χ2n) is 4.71. The van der Waals surface area contributed by atoms with Crippen LogP contribution in [0.3, 0.4) is 0 Å². The van der Waals surface area contributed by atoms with Crippen molar-refractivity contribution in [1.82, 2.24) is 0 Å². The van der Waals surface area contributed by atoms with Crippen molar-refractivity contribution in [3.63, 3.8) is 0 Å². The smallest absolute Gasteiger partial charge is 0.0851 e. The fourth-order valence-electron chi connectivity index (χ4n) is 1.93. The Morgan fingerprint density at radius 3 is 2.67 bits per heavy atom. The van der Waals surface area contributed by atoms with Gasteiger partial charge in [0.05, 0.1) is 7.14 Å². The van der Waals surface area contributed by atoms with Crippen molar-refractivity contribution in [2.75, 3.05) is 25.5 Å². The van der Waals surface area contributed by atoms with E-state index in [0.717, 1.165) is 25.3 Å². The molecule has 0 spiro atoms. The van der Waals surface area contributed by atoms with Gasteiger partial charge in [-0.05, 0) is 31.0 Å². The normalized spacial score (nSPS) is 49.2.